The molecule has 0 saturated heterocycles. The molecule has 5 nitrogen and oxygen atoms in total. The van der Waals surface area contributed by atoms with E-state index in [4.69, 9.17) is 9.26 Å². The van der Waals surface area contributed by atoms with Gasteiger partial charge < -0.3 is 14.6 Å². The molecule has 1 heterocycles. The van der Waals surface area contributed by atoms with Crippen LogP contribution in [0.2, 0.25) is 0 Å². The van der Waals surface area contributed by atoms with E-state index in [1.807, 2.05) is 31.2 Å². The van der Waals surface area contributed by atoms with Crippen molar-refractivity contribution in [1.82, 2.24) is 10.5 Å². The maximum absolute atomic E-state index is 11.9. The second kappa shape index (κ2) is 6.92. The van der Waals surface area contributed by atoms with Gasteiger partial charge in [-0.05, 0) is 38.0 Å². The van der Waals surface area contributed by atoms with E-state index in [9.17, 15) is 4.79 Å². The van der Waals surface area contributed by atoms with E-state index in [2.05, 4.69) is 17.4 Å². The van der Waals surface area contributed by atoms with Crippen LogP contribution in [0.25, 0.3) is 0 Å². The summed E-state index contributed by atoms with van der Waals surface area (Å²) in [7, 11) is 0. The Balaban J connectivity index is 2.08. The molecule has 5 heteroatoms. The molecule has 1 aromatic heterocycles. The number of hydrogen-bond acceptors (Lipinski definition) is 4. The molecular weight excluding hydrogens is 268 g/mol. The largest absolute Gasteiger partial charge is 0.489 e. The van der Waals surface area contributed by atoms with Gasteiger partial charge in [0, 0.05) is 6.54 Å². The summed E-state index contributed by atoms with van der Waals surface area (Å²) in [6.07, 6.45) is 0.992. The van der Waals surface area contributed by atoms with Gasteiger partial charge in [0.05, 0.1) is 5.56 Å². The first kappa shape index (κ1) is 15.1. The van der Waals surface area contributed by atoms with Gasteiger partial charge in [0.1, 0.15) is 18.1 Å². The Labute approximate surface area is 124 Å². The van der Waals surface area contributed by atoms with Crippen LogP contribution in [0.1, 0.15) is 41.2 Å². The summed E-state index contributed by atoms with van der Waals surface area (Å²) in [5.74, 6) is 1.12. The van der Waals surface area contributed by atoms with E-state index in [1.54, 1.807) is 6.92 Å². The molecular formula is C16H20N2O3. The maximum Gasteiger partial charge on any atom is 0.273 e. The maximum atomic E-state index is 11.9. The third-order valence-electron chi connectivity index (χ3n) is 3.25. The topological polar surface area (TPSA) is 64.4 Å². The van der Waals surface area contributed by atoms with Gasteiger partial charge in [-0.15, -0.1) is 0 Å². The van der Waals surface area contributed by atoms with Crippen molar-refractivity contribution in [1.29, 1.82) is 0 Å². The molecule has 1 aromatic carbocycles. The molecule has 0 radical (unpaired) electrons. The number of amides is 1. The number of nitrogens with one attached hydrogen (secondary N) is 1. The van der Waals surface area contributed by atoms with Crippen molar-refractivity contribution in [3.63, 3.8) is 0 Å². The number of hydrogen-bond donors (Lipinski definition) is 1. The fraction of sp³-hybridized carbons (Fsp3) is 0.375. The van der Waals surface area contributed by atoms with Crippen LogP contribution < -0.4 is 10.1 Å². The molecule has 0 unspecified atom stereocenters. The minimum Gasteiger partial charge on any atom is -0.489 e. The van der Waals surface area contributed by atoms with Gasteiger partial charge in [-0.1, -0.05) is 24.2 Å². The van der Waals surface area contributed by atoms with Crippen LogP contribution in [0, 0.1) is 6.92 Å². The van der Waals surface area contributed by atoms with E-state index in [1.165, 1.54) is 5.56 Å². The monoisotopic (exact) mass is 288 g/mol. The van der Waals surface area contributed by atoms with Crippen LogP contribution in [-0.4, -0.2) is 17.6 Å². The van der Waals surface area contributed by atoms with Crippen molar-refractivity contribution in [2.45, 2.75) is 33.8 Å². The highest BCUT2D eigenvalue weighted by Gasteiger charge is 2.19. The molecule has 0 saturated carbocycles. The Bertz CT molecular complexity index is 602. The number of aromatic nitrogens is 1. The molecule has 0 fully saturated rings. The minimum atomic E-state index is -0.241. The third kappa shape index (κ3) is 3.62. The van der Waals surface area contributed by atoms with E-state index in [-0.39, 0.29) is 12.5 Å². The number of ether oxygens (including phenoxy) is 1. The zero-order valence-corrected chi connectivity index (χ0v) is 12.6. The van der Waals surface area contributed by atoms with Crippen molar-refractivity contribution in [2.24, 2.45) is 0 Å². The minimum absolute atomic E-state index is 0.241. The van der Waals surface area contributed by atoms with Crippen molar-refractivity contribution in [2.75, 3.05) is 6.54 Å². The quantitative estimate of drug-likeness (QED) is 0.887. The van der Waals surface area contributed by atoms with E-state index in [0.717, 1.165) is 12.2 Å². The second-order valence-corrected chi connectivity index (χ2v) is 4.71. The van der Waals surface area contributed by atoms with E-state index >= 15 is 0 Å². The second-order valence-electron chi connectivity index (χ2n) is 4.71. The van der Waals surface area contributed by atoms with Crippen LogP contribution in [0.5, 0.6) is 5.75 Å². The Kier molecular flexibility index (Phi) is 4.98. The molecule has 1 amide bonds. The van der Waals surface area contributed by atoms with Gasteiger partial charge in [0.2, 0.25) is 0 Å². The average molecular weight is 288 g/mol. The number of nitrogens with zero attached hydrogens (tertiary/aromatic N) is 1. The molecule has 2 aromatic rings. The fourth-order valence-corrected chi connectivity index (χ4v) is 1.96. The van der Waals surface area contributed by atoms with Gasteiger partial charge in [-0.2, -0.15) is 0 Å². The lowest BCUT2D eigenvalue weighted by atomic mass is 10.1. The highest BCUT2D eigenvalue weighted by atomic mass is 16.5. The zero-order valence-electron chi connectivity index (χ0n) is 12.6. The van der Waals surface area contributed by atoms with Crippen molar-refractivity contribution >= 4 is 5.91 Å². The molecule has 1 N–H and O–H groups in total. The Morgan fingerprint density at radius 2 is 2.00 bits per heavy atom. The van der Waals surface area contributed by atoms with Crippen molar-refractivity contribution in [3.05, 3.63) is 46.8 Å². The summed E-state index contributed by atoms with van der Waals surface area (Å²) >= 11 is 0. The molecule has 112 valence electrons. The van der Waals surface area contributed by atoms with Crippen LogP contribution in [0.15, 0.2) is 28.8 Å². The highest BCUT2D eigenvalue weighted by Crippen LogP contribution is 2.18. The summed E-state index contributed by atoms with van der Waals surface area (Å²) in [6, 6.07) is 7.90. The smallest absolute Gasteiger partial charge is 0.273 e. The van der Waals surface area contributed by atoms with Crippen LogP contribution in [0.4, 0.5) is 0 Å². The summed E-state index contributed by atoms with van der Waals surface area (Å²) < 4.78 is 10.8. The van der Waals surface area contributed by atoms with Crippen LogP contribution >= 0.6 is 0 Å². The summed E-state index contributed by atoms with van der Waals surface area (Å²) in [5, 5.41) is 6.52. The predicted molar refractivity (Wildman–Crippen MR) is 79.4 cm³/mol. The van der Waals surface area contributed by atoms with Gasteiger partial charge in [0.25, 0.3) is 5.91 Å². The molecule has 0 spiro atoms. The Hall–Kier alpha value is -2.30. The third-order valence-corrected chi connectivity index (χ3v) is 3.25. The van der Waals surface area contributed by atoms with E-state index < -0.39 is 0 Å². The SMILES string of the molecule is CCNC(=O)c1noc(C)c1COc1ccc(CC)cc1. The lowest BCUT2D eigenvalue weighted by Gasteiger charge is -2.07. The Morgan fingerprint density at radius 1 is 1.29 bits per heavy atom. The summed E-state index contributed by atoms with van der Waals surface area (Å²) in [6.45, 7) is 6.54. The van der Waals surface area contributed by atoms with Crippen LogP contribution in [0.3, 0.4) is 0 Å². The first-order valence-electron chi connectivity index (χ1n) is 7.10. The van der Waals surface area contributed by atoms with Crippen molar-refractivity contribution < 1.29 is 14.1 Å². The predicted octanol–water partition coefficient (Wildman–Crippen LogP) is 2.87. The summed E-state index contributed by atoms with van der Waals surface area (Å²) in [5.41, 5.74) is 2.23. The van der Waals surface area contributed by atoms with Gasteiger partial charge >= 0.3 is 0 Å². The molecule has 2 rings (SSSR count). The van der Waals surface area contributed by atoms with E-state index in [0.29, 0.717) is 23.6 Å². The standard InChI is InChI=1S/C16H20N2O3/c1-4-12-6-8-13(9-7-12)20-10-14-11(3)21-18-15(14)16(19)17-5-2/h6-9H,4-5,10H2,1-3H3,(H,17,19). The number of aryl methyl sites for hydroxylation is 2. The number of carbonyl (C=O) groups excluding carboxylic acids is 1. The first-order chi connectivity index (χ1) is 10.2. The fourth-order valence-electron chi connectivity index (χ4n) is 1.96. The Morgan fingerprint density at radius 3 is 2.62 bits per heavy atom. The number of benzene rings is 1. The van der Waals surface area contributed by atoms with Crippen molar-refractivity contribution in [3.8, 4) is 5.75 Å². The number of carbonyl (C=O) groups is 1. The average Bonchev–Trinajstić information content (AvgIpc) is 2.87. The normalized spacial score (nSPS) is 10.4. The zero-order chi connectivity index (χ0) is 15.2. The molecule has 0 aliphatic rings. The molecule has 0 bridgehead atoms. The first-order valence-corrected chi connectivity index (χ1v) is 7.10. The van der Waals surface area contributed by atoms with Gasteiger partial charge in [-0.3, -0.25) is 4.79 Å². The lowest BCUT2D eigenvalue weighted by molar-refractivity contribution is 0.0944. The number of rotatable bonds is 6. The van der Waals surface area contributed by atoms with Crippen LogP contribution in [-0.2, 0) is 13.0 Å². The molecule has 0 atom stereocenters. The lowest BCUT2D eigenvalue weighted by Crippen LogP contribution is -2.24. The van der Waals surface area contributed by atoms with Gasteiger partial charge in [-0.25, -0.2) is 0 Å². The molecule has 0 aliphatic heterocycles. The summed E-state index contributed by atoms with van der Waals surface area (Å²) in [4.78, 5) is 11.9. The van der Waals surface area contributed by atoms with Gasteiger partial charge in [0.15, 0.2) is 5.69 Å². The molecule has 0 aliphatic carbocycles. The molecule has 21 heavy (non-hydrogen) atoms. The highest BCUT2D eigenvalue weighted by molar-refractivity contribution is 5.93.